The van der Waals surface area contributed by atoms with Crippen molar-refractivity contribution < 1.29 is 22.8 Å². The van der Waals surface area contributed by atoms with Crippen LogP contribution >= 0.6 is 19.7 Å². The van der Waals surface area contributed by atoms with Gasteiger partial charge < -0.3 is 6.15 Å². The lowest BCUT2D eigenvalue weighted by atomic mass is 14.0. The maximum Gasteiger partial charge on any atom is 0.519 e. The highest BCUT2D eigenvalue weighted by molar-refractivity contribution is 7.48. The first-order valence-corrected chi connectivity index (χ1v) is 2.86. The third kappa shape index (κ3) is 4.45. The van der Waals surface area contributed by atoms with Crippen molar-refractivity contribution in [3.8, 4) is 0 Å². The first-order valence-electron chi connectivity index (χ1n) is 1.06. The zero-order valence-corrected chi connectivity index (χ0v) is 5.23. The summed E-state index contributed by atoms with van der Waals surface area (Å²) in [6.45, 7) is 0. The van der Waals surface area contributed by atoms with E-state index < -0.39 is 7.82 Å². The standard InChI is InChI=1S/ClFHO4P.H3N/c1-5-7(3,4)6-2;/h(H,3,4);1H3. The number of hydrogen-bond acceptors (Lipinski definition) is 4. The number of halogens is 2. The zero-order chi connectivity index (χ0) is 5.91. The molecule has 0 fully saturated rings. The largest absolute Gasteiger partial charge is 0.519 e. The number of rotatable bonds is 2. The van der Waals surface area contributed by atoms with Crippen LogP contribution in [0.5, 0.6) is 0 Å². The molecule has 0 aromatic rings. The molecule has 8 heavy (non-hydrogen) atoms. The molecule has 5 nitrogen and oxygen atoms in total. The van der Waals surface area contributed by atoms with Gasteiger partial charge in [-0.1, -0.05) is 4.73 Å². The molecule has 52 valence electrons. The minimum atomic E-state index is -4.56. The molecule has 0 aliphatic heterocycles. The summed E-state index contributed by atoms with van der Waals surface area (Å²) in [5.74, 6) is 0. The van der Waals surface area contributed by atoms with Gasteiger partial charge in [-0.25, -0.2) is 4.57 Å². The van der Waals surface area contributed by atoms with E-state index >= 15 is 0 Å². The van der Waals surface area contributed by atoms with E-state index in [0.29, 0.717) is 0 Å². The topological polar surface area (TPSA) is 90.8 Å². The molecule has 1 unspecified atom stereocenters. The van der Waals surface area contributed by atoms with Crippen LogP contribution in [-0.4, -0.2) is 4.89 Å². The van der Waals surface area contributed by atoms with Crippen LogP contribution in [0, 0.1) is 0 Å². The predicted octanol–water partition coefficient (Wildman–Crippen LogP) is 1.32. The highest BCUT2D eigenvalue weighted by Gasteiger charge is 2.20. The van der Waals surface area contributed by atoms with E-state index in [2.05, 4.69) is 20.7 Å². The highest BCUT2D eigenvalue weighted by Crippen LogP contribution is 2.44. The lowest BCUT2D eigenvalue weighted by Gasteiger charge is -1.93. The van der Waals surface area contributed by atoms with Gasteiger partial charge in [0.1, 0.15) is 0 Å². The summed E-state index contributed by atoms with van der Waals surface area (Å²) in [5, 5.41) is 0. The minimum absolute atomic E-state index is 0. The second-order valence-electron chi connectivity index (χ2n) is 0.607. The van der Waals surface area contributed by atoms with Gasteiger partial charge in [0.2, 0.25) is 0 Å². The van der Waals surface area contributed by atoms with Crippen LogP contribution in [0.4, 0.5) is 4.53 Å². The van der Waals surface area contributed by atoms with Crippen molar-refractivity contribution in [3.05, 3.63) is 0 Å². The summed E-state index contributed by atoms with van der Waals surface area (Å²) in [5.41, 5.74) is 0. The van der Waals surface area contributed by atoms with Crippen LogP contribution in [0.15, 0.2) is 0 Å². The van der Waals surface area contributed by atoms with Crippen molar-refractivity contribution in [2.45, 2.75) is 0 Å². The van der Waals surface area contributed by atoms with Gasteiger partial charge in [-0.15, -0.1) is 0 Å². The van der Waals surface area contributed by atoms with E-state index in [0.717, 1.165) is 0 Å². The molecule has 0 spiro atoms. The van der Waals surface area contributed by atoms with Gasteiger partial charge in [-0.3, -0.25) is 4.89 Å². The summed E-state index contributed by atoms with van der Waals surface area (Å²) < 4.78 is 25.5. The van der Waals surface area contributed by atoms with Crippen LogP contribution in [0.25, 0.3) is 0 Å². The van der Waals surface area contributed by atoms with Gasteiger partial charge in [0.05, 0.1) is 11.9 Å². The Kier molecular flexibility index (Phi) is 5.84. The average Bonchev–Trinajstić information content (AvgIpc) is 1.68. The molecule has 0 bridgehead atoms. The normalized spacial score (nSPS) is 16.4. The van der Waals surface area contributed by atoms with E-state index in [4.69, 9.17) is 4.89 Å². The fraction of sp³-hybridized carbons (Fsp3) is 0. The number of phosphoric acid groups is 1. The minimum Gasteiger partial charge on any atom is -0.344 e. The molecule has 0 saturated carbocycles. The van der Waals surface area contributed by atoms with Gasteiger partial charge >= 0.3 is 7.82 Å². The Morgan fingerprint density at radius 1 is 1.75 bits per heavy atom. The van der Waals surface area contributed by atoms with E-state index in [1.807, 2.05) is 0 Å². The number of hydrogen-bond donors (Lipinski definition) is 2. The van der Waals surface area contributed by atoms with Crippen molar-refractivity contribution in [2.75, 3.05) is 0 Å². The Hall–Kier alpha value is 0.290. The average molecular weight is 167 g/mol. The molecular formula is H4ClFNO4P. The molecule has 0 heterocycles. The Morgan fingerprint density at radius 2 is 2.12 bits per heavy atom. The summed E-state index contributed by atoms with van der Waals surface area (Å²) >= 11 is 4.22. The molecule has 0 aromatic heterocycles. The van der Waals surface area contributed by atoms with Gasteiger partial charge in [0.15, 0.2) is 0 Å². The maximum absolute atomic E-state index is 10.5. The maximum atomic E-state index is 10.5. The smallest absolute Gasteiger partial charge is 0.344 e. The second kappa shape index (κ2) is 4.20. The Morgan fingerprint density at radius 3 is 2.12 bits per heavy atom. The fourth-order valence-corrected chi connectivity index (χ4v) is 0.0958. The van der Waals surface area contributed by atoms with Gasteiger partial charge in [-0.2, -0.15) is 4.08 Å². The zero-order valence-electron chi connectivity index (χ0n) is 3.58. The van der Waals surface area contributed by atoms with Crippen LogP contribution in [-0.2, 0) is 13.4 Å². The van der Waals surface area contributed by atoms with Crippen LogP contribution in [0.3, 0.4) is 0 Å². The van der Waals surface area contributed by atoms with Crippen molar-refractivity contribution >= 4 is 19.7 Å². The van der Waals surface area contributed by atoms with Crippen LogP contribution in [0.2, 0.25) is 0 Å². The van der Waals surface area contributed by atoms with Gasteiger partial charge in [0, 0.05) is 0 Å². The molecule has 0 amide bonds. The molecule has 1 atom stereocenters. The third-order valence-corrected chi connectivity index (χ3v) is 1.05. The third-order valence-electron chi connectivity index (χ3n) is 0.174. The molecular weight excluding hydrogens is 163 g/mol. The predicted molar refractivity (Wildman–Crippen MR) is 24.0 cm³/mol. The molecule has 0 aliphatic carbocycles. The monoisotopic (exact) mass is 167 g/mol. The second-order valence-corrected chi connectivity index (χ2v) is 2.23. The van der Waals surface area contributed by atoms with Crippen molar-refractivity contribution in [1.29, 1.82) is 0 Å². The van der Waals surface area contributed by atoms with Crippen molar-refractivity contribution in [2.24, 2.45) is 0 Å². The quantitative estimate of drug-likeness (QED) is 0.605. The summed E-state index contributed by atoms with van der Waals surface area (Å²) in [6, 6.07) is 0. The molecule has 0 saturated heterocycles. The molecule has 4 N–H and O–H groups in total. The first-order chi connectivity index (χ1) is 3.12. The molecule has 0 radical (unpaired) electrons. The van der Waals surface area contributed by atoms with Crippen molar-refractivity contribution in [1.82, 2.24) is 6.15 Å². The Balaban J connectivity index is 0. The highest BCUT2D eigenvalue weighted by atomic mass is 35.5. The van der Waals surface area contributed by atoms with Crippen molar-refractivity contribution in [3.63, 3.8) is 0 Å². The van der Waals surface area contributed by atoms with E-state index in [-0.39, 0.29) is 6.15 Å². The summed E-state index contributed by atoms with van der Waals surface area (Å²) in [4.78, 5) is 7.74. The van der Waals surface area contributed by atoms with E-state index in [9.17, 15) is 9.09 Å². The van der Waals surface area contributed by atoms with Crippen LogP contribution in [0.1, 0.15) is 0 Å². The Labute approximate surface area is 49.6 Å². The molecule has 0 aromatic carbocycles. The molecule has 8 heteroatoms. The SMILES string of the molecule is N.O=P(O)(OF)OCl. The van der Waals surface area contributed by atoms with Gasteiger partial charge in [0.25, 0.3) is 0 Å². The van der Waals surface area contributed by atoms with E-state index in [1.165, 1.54) is 0 Å². The fourth-order valence-electron chi connectivity index (χ4n) is 0.0106. The van der Waals surface area contributed by atoms with E-state index in [1.54, 1.807) is 0 Å². The summed E-state index contributed by atoms with van der Waals surface area (Å²) in [6.07, 6.45) is 0. The molecule has 0 aliphatic rings. The summed E-state index contributed by atoms with van der Waals surface area (Å²) in [7, 11) is -4.56. The first kappa shape index (κ1) is 11.1. The van der Waals surface area contributed by atoms with Crippen LogP contribution < -0.4 is 6.15 Å². The Bertz CT molecular complexity index is 88.0. The molecule has 0 rings (SSSR count). The lowest BCUT2D eigenvalue weighted by Crippen LogP contribution is -1.74. The lowest BCUT2D eigenvalue weighted by molar-refractivity contribution is -0.0355. The van der Waals surface area contributed by atoms with Gasteiger partial charge in [-0.05, 0) is 4.53 Å².